The van der Waals surface area contributed by atoms with Crippen LogP contribution < -0.4 is 5.32 Å². The highest BCUT2D eigenvalue weighted by atomic mass is 35.5. The van der Waals surface area contributed by atoms with Crippen molar-refractivity contribution < 1.29 is 23.1 Å². The largest absolute Gasteiger partial charge is 0.455 e. The smallest absolute Gasteiger partial charge is 0.290 e. The minimum atomic E-state index is -1.06. The van der Waals surface area contributed by atoms with Crippen molar-refractivity contribution in [3.63, 3.8) is 0 Å². The quantitative estimate of drug-likeness (QED) is 0.424. The molecular weight excluding hydrogens is 509 g/mol. The van der Waals surface area contributed by atoms with Gasteiger partial charge in [0.05, 0.1) is 19.8 Å². The van der Waals surface area contributed by atoms with Gasteiger partial charge in [0, 0.05) is 30.2 Å². The SMILES string of the molecule is CC(C)(C)NC(=O)[C@H](c1ccc(F)cc1)N(Cc1ccccc1Cl)C(=O)c1ccc(CN2CCOCC2)o1. The molecule has 3 aromatic rings. The minimum Gasteiger partial charge on any atom is -0.455 e. The zero-order valence-electron chi connectivity index (χ0n) is 21.9. The van der Waals surface area contributed by atoms with Crippen LogP contribution in [-0.2, 0) is 22.6 Å². The normalized spacial score (nSPS) is 15.2. The average Bonchev–Trinajstić information content (AvgIpc) is 3.33. The molecule has 0 bridgehead atoms. The molecule has 1 N–H and O–H groups in total. The number of furan rings is 1. The van der Waals surface area contributed by atoms with Gasteiger partial charge in [0.25, 0.3) is 5.91 Å². The Kier molecular flexibility index (Phi) is 8.87. The maximum absolute atomic E-state index is 14.0. The van der Waals surface area contributed by atoms with Gasteiger partial charge in [-0.3, -0.25) is 14.5 Å². The number of carbonyl (C=O) groups is 2. The first-order valence-electron chi connectivity index (χ1n) is 12.6. The lowest BCUT2D eigenvalue weighted by Gasteiger charge is -2.33. The first-order valence-corrected chi connectivity index (χ1v) is 13.0. The van der Waals surface area contributed by atoms with Crippen LogP contribution in [0.25, 0.3) is 0 Å². The molecule has 0 saturated carbocycles. The molecule has 4 rings (SSSR count). The summed E-state index contributed by atoms with van der Waals surface area (Å²) < 4.78 is 25.2. The average molecular weight is 542 g/mol. The highest BCUT2D eigenvalue weighted by molar-refractivity contribution is 6.31. The van der Waals surface area contributed by atoms with Gasteiger partial charge in [-0.2, -0.15) is 0 Å². The van der Waals surface area contributed by atoms with E-state index < -0.39 is 29.2 Å². The number of hydrogen-bond donors (Lipinski definition) is 1. The topological polar surface area (TPSA) is 75.0 Å². The summed E-state index contributed by atoms with van der Waals surface area (Å²) in [5.74, 6) is -0.561. The maximum Gasteiger partial charge on any atom is 0.290 e. The molecule has 0 aliphatic carbocycles. The Balaban J connectivity index is 1.71. The molecule has 2 aromatic carbocycles. The molecule has 1 aromatic heterocycles. The molecule has 1 aliphatic rings. The van der Waals surface area contributed by atoms with E-state index in [0.717, 1.165) is 13.1 Å². The molecule has 0 spiro atoms. The van der Waals surface area contributed by atoms with Gasteiger partial charge < -0.3 is 19.4 Å². The van der Waals surface area contributed by atoms with Crippen LogP contribution in [0.5, 0.6) is 0 Å². The number of rotatable bonds is 8. The van der Waals surface area contributed by atoms with Crippen LogP contribution in [0.15, 0.2) is 65.1 Å². The van der Waals surface area contributed by atoms with E-state index >= 15 is 0 Å². The molecule has 9 heteroatoms. The highest BCUT2D eigenvalue weighted by Gasteiger charge is 2.35. The lowest BCUT2D eigenvalue weighted by atomic mass is 10.0. The van der Waals surface area contributed by atoms with E-state index in [2.05, 4.69) is 10.2 Å². The lowest BCUT2D eigenvalue weighted by Crippen LogP contribution is -2.49. The summed E-state index contributed by atoms with van der Waals surface area (Å²) in [7, 11) is 0. The van der Waals surface area contributed by atoms with Crippen molar-refractivity contribution in [2.75, 3.05) is 26.3 Å². The van der Waals surface area contributed by atoms with Crippen LogP contribution in [0.3, 0.4) is 0 Å². The maximum atomic E-state index is 14.0. The highest BCUT2D eigenvalue weighted by Crippen LogP contribution is 2.29. The van der Waals surface area contributed by atoms with Crippen molar-refractivity contribution in [1.29, 1.82) is 0 Å². The Labute approximate surface area is 227 Å². The van der Waals surface area contributed by atoms with Gasteiger partial charge in [-0.05, 0) is 62.2 Å². The number of halogens is 2. The summed E-state index contributed by atoms with van der Waals surface area (Å²) >= 11 is 6.46. The van der Waals surface area contributed by atoms with Crippen LogP contribution in [0.2, 0.25) is 5.02 Å². The first-order chi connectivity index (χ1) is 18.1. The van der Waals surface area contributed by atoms with Crippen LogP contribution in [0, 0.1) is 5.82 Å². The van der Waals surface area contributed by atoms with E-state index in [1.165, 1.54) is 29.2 Å². The lowest BCUT2D eigenvalue weighted by molar-refractivity contribution is -0.127. The molecule has 2 heterocycles. The van der Waals surface area contributed by atoms with E-state index in [1.807, 2.05) is 26.8 Å². The standard InChI is InChI=1S/C29H33ClFN3O4/c1-29(2,3)32-27(35)26(20-8-10-22(31)11-9-20)34(18-21-6-4-5-7-24(21)30)28(36)25-13-12-23(38-25)19-33-14-16-37-17-15-33/h4-13,26H,14-19H2,1-3H3,(H,32,35)/t26-/m0/s1. The van der Waals surface area contributed by atoms with Crippen molar-refractivity contribution in [3.05, 3.63) is 94.2 Å². The third-order valence-electron chi connectivity index (χ3n) is 6.16. The molecule has 1 atom stereocenters. The van der Waals surface area contributed by atoms with Gasteiger partial charge in [-0.1, -0.05) is 41.9 Å². The zero-order valence-corrected chi connectivity index (χ0v) is 22.6. The Morgan fingerprint density at radius 1 is 1.05 bits per heavy atom. The number of carbonyl (C=O) groups excluding carboxylic acids is 2. The summed E-state index contributed by atoms with van der Waals surface area (Å²) in [6.07, 6.45) is 0. The monoisotopic (exact) mass is 541 g/mol. The van der Waals surface area contributed by atoms with Crippen molar-refractivity contribution in [1.82, 2.24) is 15.1 Å². The van der Waals surface area contributed by atoms with Gasteiger partial charge in [-0.25, -0.2) is 4.39 Å². The van der Waals surface area contributed by atoms with Crippen LogP contribution >= 0.6 is 11.6 Å². The van der Waals surface area contributed by atoms with Gasteiger partial charge in [-0.15, -0.1) is 0 Å². The fourth-order valence-electron chi connectivity index (χ4n) is 4.35. The van der Waals surface area contributed by atoms with Crippen molar-refractivity contribution >= 4 is 23.4 Å². The number of nitrogens with zero attached hydrogens (tertiary/aromatic N) is 2. The molecule has 38 heavy (non-hydrogen) atoms. The van der Waals surface area contributed by atoms with E-state index in [0.29, 0.717) is 41.7 Å². The Morgan fingerprint density at radius 3 is 2.39 bits per heavy atom. The third kappa shape index (κ3) is 7.22. The van der Waals surface area contributed by atoms with Crippen LogP contribution in [-0.4, -0.2) is 53.5 Å². The second-order valence-electron chi connectivity index (χ2n) is 10.4. The number of nitrogens with one attached hydrogen (secondary N) is 1. The summed E-state index contributed by atoms with van der Waals surface area (Å²) in [6, 6.07) is 15.1. The Morgan fingerprint density at radius 2 is 1.74 bits per heavy atom. The van der Waals surface area contributed by atoms with E-state index in [1.54, 1.807) is 30.3 Å². The summed E-state index contributed by atoms with van der Waals surface area (Å²) in [5, 5.41) is 3.43. The zero-order chi connectivity index (χ0) is 27.3. The van der Waals surface area contributed by atoms with E-state index in [-0.39, 0.29) is 12.3 Å². The predicted molar refractivity (Wildman–Crippen MR) is 143 cm³/mol. The number of morpholine rings is 1. The Bertz CT molecular complexity index is 1250. The molecule has 2 amide bonds. The van der Waals surface area contributed by atoms with Gasteiger partial charge in [0.2, 0.25) is 5.91 Å². The second-order valence-corrected chi connectivity index (χ2v) is 10.8. The first kappa shape index (κ1) is 27.8. The van der Waals surface area contributed by atoms with E-state index in [9.17, 15) is 14.0 Å². The molecule has 202 valence electrons. The minimum absolute atomic E-state index is 0.0393. The second kappa shape index (κ2) is 12.1. The van der Waals surface area contributed by atoms with Crippen LogP contribution in [0.4, 0.5) is 4.39 Å². The summed E-state index contributed by atoms with van der Waals surface area (Å²) in [4.78, 5) is 31.3. The molecule has 1 aliphatic heterocycles. The summed E-state index contributed by atoms with van der Waals surface area (Å²) in [6.45, 7) is 9.03. The number of hydrogen-bond acceptors (Lipinski definition) is 5. The Hall–Kier alpha value is -3.20. The number of benzene rings is 2. The fraction of sp³-hybridized carbons (Fsp3) is 0.379. The van der Waals surface area contributed by atoms with Gasteiger partial charge in [0.15, 0.2) is 5.76 Å². The van der Waals surface area contributed by atoms with Crippen molar-refractivity contribution in [2.45, 2.75) is 45.4 Å². The molecular formula is C29H33ClFN3O4. The third-order valence-corrected chi connectivity index (χ3v) is 6.53. The van der Waals surface area contributed by atoms with E-state index in [4.69, 9.17) is 20.8 Å². The van der Waals surface area contributed by atoms with Crippen LogP contribution in [0.1, 0.15) is 54.3 Å². The molecule has 0 radical (unpaired) electrons. The van der Waals surface area contributed by atoms with Gasteiger partial charge in [0.1, 0.15) is 17.6 Å². The summed E-state index contributed by atoms with van der Waals surface area (Å²) in [5.41, 5.74) is 0.566. The van der Waals surface area contributed by atoms with Gasteiger partial charge >= 0.3 is 0 Å². The molecule has 1 saturated heterocycles. The number of ether oxygens (including phenoxy) is 1. The fourth-order valence-corrected chi connectivity index (χ4v) is 4.54. The molecule has 0 unspecified atom stereocenters. The predicted octanol–water partition coefficient (Wildman–Crippen LogP) is 5.20. The number of amides is 2. The molecule has 1 fully saturated rings. The molecule has 7 nitrogen and oxygen atoms in total. The van der Waals surface area contributed by atoms with Crippen molar-refractivity contribution in [2.24, 2.45) is 0 Å². The van der Waals surface area contributed by atoms with Crippen molar-refractivity contribution in [3.8, 4) is 0 Å².